The van der Waals surface area contributed by atoms with E-state index >= 15 is 0 Å². The number of nitrogens with one attached hydrogen (secondary N) is 1. The van der Waals surface area contributed by atoms with E-state index in [-0.39, 0.29) is 4.32 Å². The van der Waals surface area contributed by atoms with Crippen molar-refractivity contribution in [2.45, 2.75) is 0 Å². The van der Waals surface area contributed by atoms with Gasteiger partial charge in [0.2, 0.25) is 0 Å². The van der Waals surface area contributed by atoms with Gasteiger partial charge in [-0.3, -0.25) is 15.0 Å². The van der Waals surface area contributed by atoms with Crippen LogP contribution in [0.2, 0.25) is 5.02 Å². The summed E-state index contributed by atoms with van der Waals surface area (Å²) in [6, 6.07) is 11.7. The van der Waals surface area contributed by atoms with Crippen LogP contribution in [0.25, 0.3) is 6.08 Å². The largest absolute Gasteiger partial charge is 0.493 e. The van der Waals surface area contributed by atoms with E-state index in [0.717, 1.165) is 22.3 Å². The minimum Gasteiger partial charge on any atom is -0.493 e. The number of benzene rings is 2. The predicted molar refractivity (Wildman–Crippen MR) is 113 cm³/mol. The van der Waals surface area contributed by atoms with Gasteiger partial charge < -0.3 is 9.47 Å². The fourth-order valence-corrected chi connectivity index (χ4v) is 3.82. The molecule has 0 unspecified atom stereocenters. The normalized spacial score (nSPS) is 15.1. The quantitative estimate of drug-likeness (QED) is 0.568. The smallest absolute Gasteiger partial charge is 0.285 e. The summed E-state index contributed by atoms with van der Waals surface area (Å²) in [6.45, 7) is 0. The van der Waals surface area contributed by atoms with Gasteiger partial charge in [0.15, 0.2) is 15.8 Å². The van der Waals surface area contributed by atoms with Crippen molar-refractivity contribution in [1.82, 2.24) is 10.4 Å². The molecule has 9 heteroatoms. The molecule has 0 saturated carbocycles. The molecule has 0 bridgehead atoms. The highest BCUT2D eigenvalue weighted by Gasteiger charge is 2.33. The molecule has 1 saturated heterocycles. The van der Waals surface area contributed by atoms with Crippen molar-refractivity contribution in [3.63, 3.8) is 0 Å². The summed E-state index contributed by atoms with van der Waals surface area (Å²) in [4.78, 5) is 25.4. The molecule has 144 valence electrons. The van der Waals surface area contributed by atoms with Gasteiger partial charge in [-0.05, 0) is 54.2 Å². The highest BCUT2D eigenvalue weighted by atomic mass is 35.5. The number of thiocarbonyl (C=S) groups is 1. The Morgan fingerprint density at radius 2 is 1.93 bits per heavy atom. The molecule has 1 N–H and O–H groups in total. The van der Waals surface area contributed by atoms with Crippen LogP contribution in [-0.2, 0) is 4.79 Å². The van der Waals surface area contributed by atoms with Gasteiger partial charge in [-0.15, -0.1) is 0 Å². The lowest BCUT2D eigenvalue weighted by atomic mass is 10.2. The Bertz CT molecular complexity index is 994. The summed E-state index contributed by atoms with van der Waals surface area (Å²) in [7, 11) is 3.08. The third-order valence-corrected chi connectivity index (χ3v) is 5.34. The molecule has 2 aromatic carbocycles. The van der Waals surface area contributed by atoms with Crippen LogP contribution < -0.4 is 14.9 Å². The van der Waals surface area contributed by atoms with E-state index in [1.165, 1.54) is 13.2 Å². The first kappa shape index (κ1) is 20.2. The van der Waals surface area contributed by atoms with Crippen molar-refractivity contribution < 1.29 is 19.1 Å². The van der Waals surface area contributed by atoms with Gasteiger partial charge in [-0.2, -0.15) is 5.01 Å². The maximum absolute atomic E-state index is 12.7. The fourth-order valence-electron chi connectivity index (χ4n) is 2.45. The molecule has 0 atom stereocenters. The summed E-state index contributed by atoms with van der Waals surface area (Å²) in [5.74, 6) is 0.230. The summed E-state index contributed by atoms with van der Waals surface area (Å²) in [6.07, 6.45) is 1.67. The van der Waals surface area contributed by atoms with Crippen LogP contribution in [0.5, 0.6) is 11.5 Å². The van der Waals surface area contributed by atoms with Crippen molar-refractivity contribution in [2.75, 3.05) is 14.2 Å². The first-order valence-electron chi connectivity index (χ1n) is 7.99. The molecule has 1 fully saturated rings. The summed E-state index contributed by atoms with van der Waals surface area (Å²) in [5.41, 5.74) is 3.58. The van der Waals surface area contributed by atoms with Gasteiger partial charge >= 0.3 is 0 Å². The number of carbonyl (C=O) groups excluding carboxylic acids is 2. The molecule has 0 radical (unpaired) electrons. The van der Waals surface area contributed by atoms with Gasteiger partial charge in [0.25, 0.3) is 11.8 Å². The van der Waals surface area contributed by atoms with Gasteiger partial charge in [0.1, 0.15) is 0 Å². The second-order valence-corrected chi connectivity index (χ2v) is 7.70. The number of methoxy groups -OCH3 is 2. The van der Waals surface area contributed by atoms with Crippen molar-refractivity contribution in [3.05, 3.63) is 63.5 Å². The molecule has 1 aliphatic heterocycles. The monoisotopic (exact) mass is 434 g/mol. The highest BCUT2D eigenvalue weighted by Crippen LogP contribution is 2.34. The summed E-state index contributed by atoms with van der Waals surface area (Å²) in [5, 5.41) is 1.47. The van der Waals surface area contributed by atoms with Gasteiger partial charge in [0.05, 0.1) is 19.1 Å². The second-order valence-electron chi connectivity index (χ2n) is 5.58. The highest BCUT2D eigenvalue weighted by molar-refractivity contribution is 8.26. The lowest BCUT2D eigenvalue weighted by Gasteiger charge is -2.15. The maximum Gasteiger partial charge on any atom is 0.285 e. The zero-order valence-corrected chi connectivity index (χ0v) is 17.3. The third kappa shape index (κ3) is 4.30. The van der Waals surface area contributed by atoms with Crippen LogP contribution in [0.3, 0.4) is 0 Å². The minimum absolute atomic E-state index is 0.229. The van der Waals surface area contributed by atoms with Crippen molar-refractivity contribution in [2.24, 2.45) is 0 Å². The van der Waals surface area contributed by atoms with Crippen LogP contribution in [-0.4, -0.2) is 35.4 Å². The number of carbonyl (C=O) groups is 2. The molecule has 0 aliphatic carbocycles. The predicted octanol–water partition coefficient (Wildman–Crippen LogP) is 3.90. The van der Waals surface area contributed by atoms with Gasteiger partial charge in [-0.25, -0.2) is 0 Å². The molecule has 1 heterocycles. The van der Waals surface area contributed by atoms with Gasteiger partial charge in [0, 0.05) is 10.6 Å². The lowest BCUT2D eigenvalue weighted by Crippen LogP contribution is -2.44. The Balaban J connectivity index is 1.79. The molecule has 6 nitrogen and oxygen atoms in total. The molecule has 0 spiro atoms. The number of amides is 2. The van der Waals surface area contributed by atoms with Crippen LogP contribution in [0, 0.1) is 0 Å². The zero-order valence-electron chi connectivity index (χ0n) is 14.9. The Labute approximate surface area is 176 Å². The third-order valence-electron chi connectivity index (χ3n) is 3.80. The molecule has 28 heavy (non-hydrogen) atoms. The molecule has 2 aromatic rings. The SMILES string of the molecule is COc1ccc(/C=C2\SC(=S)N(NC(=O)c3cccc(Cl)c3)C2=O)cc1OC. The van der Waals surface area contributed by atoms with Crippen LogP contribution in [0.15, 0.2) is 47.4 Å². The number of hydrogen-bond donors (Lipinski definition) is 1. The second kappa shape index (κ2) is 8.64. The van der Waals surface area contributed by atoms with Crippen LogP contribution >= 0.6 is 35.6 Å². The van der Waals surface area contributed by atoms with Crippen LogP contribution in [0.4, 0.5) is 0 Å². The average Bonchev–Trinajstić information content (AvgIpc) is 2.95. The standard InChI is InChI=1S/C19H15ClN2O4S2/c1-25-14-7-6-11(8-15(14)26-2)9-16-18(24)22(19(27)28-16)21-17(23)12-4-3-5-13(20)10-12/h3-10H,1-2H3,(H,21,23)/b16-9-. The van der Waals surface area contributed by atoms with Crippen molar-refractivity contribution >= 4 is 57.8 Å². The van der Waals surface area contributed by atoms with E-state index in [0.29, 0.717) is 27.0 Å². The molecule has 2 amide bonds. The molecule has 0 aromatic heterocycles. The van der Waals surface area contributed by atoms with Crippen molar-refractivity contribution in [3.8, 4) is 11.5 Å². The number of rotatable bonds is 5. The molecule has 3 rings (SSSR count). The number of hydrazine groups is 1. The van der Waals surface area contributed by atoms with E-state index in [2.05, 4.69) is 5.43 Å². The van der Waals surface area contributed by atoms with Crippen molar-refractivity contribution in [1.29, 1.82) is 0 Å². The fraction of sp³-hybridized carbons (Fsp3) is 0.105. The number of halogens is 1. The number of hydrogen-bond acceptors (Lipinski definition) is 6. The van der Waals surface area contributed by atoms with E-state index in [9.17, 15) is 9.59 Å². The van der Waals surface area contributed by atoms with E-state index in [4.69, 9.17) is 33.3 Å². The summed E-state index contributed by atoms with van der Waals surface area (Å²) >= 11 is 12.2. The number of thioether (sulfide) groups is 1. The van der Waals surface area contributed by atoms with Gasteiger partial charge in [-0.1, -0.05) is 35.5 Å². The maximum atomic E-state index is 12.7. The first-order chi connectivity index (χ1) is 13.4. The molecular weight excluding hydrogens is 420 g/mol. The Kier molecular flexibility index (Phi) is 6.23. The topological polar surface area (TPSA) is 67.9 Å². The molecular formula is C19H15ClN2O4S2. The molecule has 1 aliphatic rings. The first-order valence-corrected chi connectivity index (χ1v) is 9.59. The minimum atomic E-state index is -0.480. The number of nitrogens with zero attached hydrogens (tertiary/aromatic N) is 1. The van der Waals surface area contributed by atoms with Crippen LogP contribution in [0.1, 0.15) is 15.9 Å². The average molecular weight is 435 g/mol. The Morgan fingerprint density at radius 3 is 2.61 bits per heavy atom. The number of ether oxygens (including phenoxy) is 2. The zero-order chi connectivity index (χ0) is 20.3. The summed E-state index contributed by atoms with van der Waals surface area (Å²) < 4.78 is 10.7. The van der Waals surface area contributed by atoms with E-state index < -0.39 is 11.8 Å². The van der Waals surface area contributed by atoms with E-state index in [1.807, 2.05) is 0 Å². The van der Waals surface area contributed by atoms with E-state index in [1.54, 1.807) is 49.6 Å². The Hall–Kier alpha value is -2.55. The Morgan fingerprint density at radius 1 is 1.18 bits per heavy atom. The lowest BCUT2D eigenvalue weighted by molar-refractivity contribution is -0.123.